The molecule has 0 saturated carbocycles. The van der Waals surface area contributed by atoms with Crippen LogP contribution < -0.4 is 0 Å². The number of amides is 1. The van der Waals surface area contributed by atoms with Crippen LogP contribution in [0.25, 0.3) is 0 Å². The van der Waals surface area contributed by atoms with Crippen molar-refractivity contribution in [2.24, 2.45) is 0 Å². The minimum Gasteiger partial charge on any atom is -0.475 e. The topological polar surface area (TPSA) is 86.6 Å². The summed E-state index contributed by atoms with van der Waals surface area (Å²) in [6, 6.07) is 6.59. The van der Waals surface area contributed by atoms with Crippen LogP contribution in [0.1, 0.15) is 28.2 Å². The summed E-state index contributed by atoms with van der Waals surface area (Å²) in [7, 11) is 0. The van der Waals surface area contributed by atoms with Gasteiger partial charge in [0.1, 0.15) is 11.5 Å². The predicted octanol–water partition coefficient (Wildman–Crippen LogP) is 2.91. The number of carbonyl (C=O) groups is 2. The molecule has 1 N–H and O–H groups in total. The molecule has 31 heavy (non-hydrogen) atoms. The van der Waals surface area contributed by atoms with Gasteiger partial charge in [-0.3, -0.25) is 14.7 Å². The maximum atomic E-state index is 13.0. The second-order valence-corrected chi connectivity index (χ2v) is 6.89. The van der Waals surface area contributed by atoms with Gasteiger partial charge in [-0.2, -0.15) is 13.2 Å². The van der Waals surface area contributed by atoms with Gasteiger partial charge in [-0.25, -0.2) is 14.2 Å². The Balaban J connectivity index is 0.000000423. The molecule has 7 nitrogen and oxygen atoms in total. The van der Waals surface area contributed by atoms with Crippen LogP contribution in [0.2, 0.25) is 0 Å². The van der Waals surface area contributed by atoms with Crippen LogP contribution in [-0.4, -0.2) is 69.1 Å². The van der Waals surface area contributed by atoms with Crippen LogP contribution in [0, 0.1) is 12.7 Å². The van der Waals surface area contributed by atoms with Crippen LogP contribution in [0.5, 0.6) is 0 Å². The SMILES string of the molecule is Cc1cnc(C(=O)N2CCCN(Cc3ccc(F)cc3)CC2)cn1.O=C(O)C(F)(F)F. The van der Waals surface area contributed by atoms with Crippen LogP contribution >= 0.6 is 0 Å². The minimum absolute atomic E-state index is 0.0638. The molecule has 0 aliphatic carbocycles. The number of carbonyl (C=O) groups excluding carboxylic acids is 1. The third-order valence-electron chi connectivity index (χ3n) is 4.44. The number of carboxylic acid groups (broad SMARTS) is 1. The van der Waals surface area contributed by atoms with E-state index in [9.17, 15) is 22.4 Å². The normalized spacial score (nSPS) is 14.9. The van der Waals surface area contributed by atoms with E-state index in [1.165, 1.54) is 12.1 Å². The Morgan fingerprint density at radius 2 is 1.68 bits per heavy atom. The Labute approximate surface area is 176 Å². The molecule has 0 atom stereocenters. The Morgan fingerprint density at radius 1 is 1.03 bits per heavy atom. The number of aryl methyl sites for hydroxylation is 1. The van der Waals surface area contributed by atoms with Crippen LogP contribution in [0.15, 0.2) is 36.7 Å². The fourth-order valence-electron chi connectivity index (χ4n) is 2.85. The first-order chi connectivity index (χ1) is 14.6. The maximum Gasteiger partial charge on any atom is 0.490 e. The van der Waals surface area contributed by atoms with E-state index in [1.54, 1.807) is 12.4 Å². The number of aliphatic carboxylic acids is 1. The van der Waals surface area contributed by atoms with Crippen molar-refractivity contribution in [1.29, 1.82) is 0 Å². The highest BCUT2D eigenvalue weighted by Crippen LogP contribution is 2.13. The third kappa shape index (κ3) is 7.93. The van der Waals surface area contributed by atoms with Crippen LogP contribution in [0.4, 0.5) is 17.6 Å². The second-order valence-electron chi connectivity index (χ2n) is 6.89. The van der Waals surface area contributed by atoms with Crippen LogP contribution in [0.3, 0.4) is 0 Å². The number of aromatic nitrogens is 2. The Bertz CT molecular complexity index is 873. The molecule has 168 valence electrons. The molecule has 1 fully saturated rings. The zero-order valence-electron chi connectivity index (χ0n) is 16.8. The molecule has 2 heterocycles. The third-order valence-corrected chi connectivity index (χ3v) is 4.44. The Hall–Kier alpha value is -3.08. The molecule has 1 amide bonds. The van der Waals surface area contributed by atoms with E-state index < -0.39 is 12.1 Å². The summed E-state index contributed by atoms with van der Waals surface area (Å²) in [6.45, 7) is 5.71. The molecule has 1 aromatic carbocycles. The highest BCUT2D eigenvalue weighted by molar-refractivity contribution is 5.92. The van der Waals surface area contributed by atoms with Gasteiger partial charge in [0.05, 0.1) is 11.9 Å². The first-order valence-electron chi connectivity index (χ1n) is 9.41. The highest BCUT2D eigenvalue weighted by atomic mass is 19.4. The van der Waals surface area contributed by atoms with Crippen LogP contribution in [-0.2, 0) is 11.3 Å². The predicted molar refractivity (Wildman–Crippen MR) is 103 cm³/mol. The molecule has 11 heteroatoms. The van der Waals surface area contributed by atoms with Crippen molar-refractivity contribution < 1.29 is 32.3 Å². The molecule has 1 aliphatic heterocycles. The van der Waals surface area contributed by atoms with Crippen molar-refractivity contribution in [2.45, 2.75) is 26.1 Å². The van der Waals surface area contributed by atoms with Crippen molar-refractivity contribution in [3.63, 3.8) is 0 Å². The molecule has 3 rings (SSSR count). The summed E-state index contributed by atoms with van der Waals surface area (Å²) in [4.78, 5) is 33.9. The van der Waals surface area contributed by atoms with Gasteiger partial charge in [0.2, 0.25) is 0 Å². The van der Waals surface area contributed by atoms with E-state index in [0.717, 1.165) is 37.3 Å². The van der Waals surface area contributed by atoms with E-state index >= 15 is 0 Å². The number of benzene rings is 1. The fraction of sp³-hybridized carbons (Fsp3) is 0.400. The van der Waals surface area contributed by atoms with E-state index in [-0.39, 0.29) is 11.7 Å². The maximum absolute atomic E-state index is 13.0. The number of alkyl halides is 3. The van der Waals surface area contributed by atoms with Crippen molar-refractivity contribution in [2.75, 3.05) is 26.2 Å². The quantitative estimate of drug-likeness (QED) is 0.736. The first-order valence-corrected chi connectivity index (χ1v) is 9.41. The zero-order chi connectivity index (χ0) is 23.0. The molecule has 1 saturated heterocycles. The monoisotopic (exact) mass is 442 g/mol. The van der Waals surface area contributed by atoms with E-state index in [0.29, 0.717) is 18.8 Å². The van der Waals surface area contributed by atoms with Gasteiger partial charge in [-0.15, -0.1) is 0 Å². The van der Waals surface area contributed by atoms with Crippen molar-refractivity contribution >= 4 is 11.9 Å². The summed E-state index contributed by atoms with van der Waals surface area (Å²) in [6.07, 6.45) is -1.02. The van der Waals surface area contributed by atoms with Gasteiger partial charge < -0.3 is 10.0 Å². The van der Waals surface area contributed by atoms with Gasteiger partial charge in [-0.1, -0.05) is 12.1 Å². The lowest BCUT2D eigenvalue weighted by Gasteiger charge is -2.21. The number of hydrogen-bond acceptors (Lipinski definition) is 5. The summed E-state index contributed by atoms with van der Waals surface area (Å²) < 4.78 is 44.7. The standard InChI is InChI=1S/C18H21FN4O.C2HF3O2/c1-14-11-21-17(12-20-14)18(24)23-8-2-7-22(9-10-23)13-15-3-5-16(19)6-4-15;3-2(4,5)1(6)7/h3-6,11-12H,2,7-10,13H2,1H3;(H,6,7). The molecule has 2 aromatic rings. The average molecular weight is 442 g/mol. The molecule has 0 unspecified atom stereocenters. The van der Waals surface area contributed by atoms with Gasteiger partial charge in [0.25, 0.3) is 5.91 Å². The van der Waals surface area contributed by atoms with E-state index in [4.69, 9.17) is 9.90 Å². The first kappa shape index (κ1) is 24.2. The number of rotatable bonds is 3. The van der Waals surface area contributed by atoms with E-state index in [1.807, 2.05) is 24.0 Å². The number of carboxylic acids is 1. The molecule has 1 aliphatic rings. The highest BCUT2D eigenvalue weighted by Gasteiger charge is 2.38. The number of hydrogen-bond donors (Lipinski definition) is 1. The molecular formula is C20H22F4N4O3. The lowest BCUT2D eigenvalue weighted by atomic mass is 10.2. The zero-order valence-corrected chi connectivity index (χ0v) is 16.8. The molecule has 1 aromatic heterocycles. The number of halogens is 4. The van der Waals surface area contributed by atoms with Crippen molar-refractivity contribution in [1.82, 2.24) is 19.8 Å². The van der Waals surface area contributed by atoms with Crippen molar-refractivity contribution in [3.8, 4) is 0 Å². The summed E-state index contributed by atoms with van der Waals surface area (Å²) in [5, 5.41) is 7.12. The summed E-state index contributed by atoms with van der Waals surface area (Å²) >= 11 is 0. The van der Waals surface area contributed by atoms with Gasteiger partial charge >= 0.3 is 12.1 Å². The average Bonchev–Trinajstić information content (AvgIpc) is 2.95. The molecule has 0 bridgehead atoms. The second kappa shape index (κ2) is 10.8. The van der Waals surface area contributed by atoms with Gasteiger partial charge in [-0.05, 0) is 31.0 Å². The summed E-state index contributed by atoms with van der Waals surface area (Å²) in [5.74, 6) is -3.04. The lowest BCUT2D eigenvalue weighted by molar-refractivity contribution is -0.192. The molecule has 0 radical (unpaired) electrons. The van der Waals surface area contributed by atoms with Gasteiger partial charge in [0.15, 0.2) is 0 Å². The lowest BCUT2D eigenvalue weighted by Crippen LogP contribution is -2.35. The van der Waals surface area contributed by atoms with Gasteiger partial charge in [0, 0.05) is 38.9 Å². The minimum atomic E-state index is -5.08. The molecular weight excluding hydrogens is 420 g/mol. The fourth-order valence-corrected chi connectivity index (χ4v) is 2.85. The van der Waals surface area contributed by atoms with Crippen molar-refractivity contribution in [3.05, 3.63) is 59.4 Å². The summed E-state index contributed by atoms with van der Waals surface area (Å²) in [5.41, 5.74) is 2.28. The Morgan fingerprint density at radius 3 is 2.23 bits per heavy atom. The largest absolute Gasteiger partial charge is 0.490 e. The molecule has 0 spiro atoms. The number of nitrogens with zero attached hydrogens (tertiary/aromatic N) is 4. The Kier molecular flexibility index (Phi) is 8.43. The smallest absolute Gasteiger partial charge is 0.475 e. The van der Waals surface area contributed by atoms with E-state index in [2.05, 4.69) is 14.9 Å².